The van der Waals surface area contributed by atoms with Crippen LogP contribution in [0.4, 0.5) is 5.69 Å². The number of aromatic nitrogens is 1. The van der Waals surface area contributed by atoms with Crippen LogP contribution >= 0.6 is 0 Å². The second-order valence-electron chi connectivity index (χ2n) is 6.21. The van der Waals surface area contributed by atoms with Crippen molar-refractivity contribution in [3.63, 3.8) is 0 Å². The zero-order valence-electron chi connectivity index (χ0n) is 19.7. The molecule has 1 aromatic heterocycles. The maximum absolute atomic E-state index is 12.9. The van der Waals surface area contributed by atoms with Crippen LogP contribution in [0.25, 0.3) is 0 Å². The summed E-state index contributed by atoms with van der Waals surface area (Å²) in [5.74, 6) is -0.378. The van der Waals surface area contributed by atoms with E-state index in [0.29, 0.717) is 5.69 Å². The summed E-state index contributed by atoms with van der Waals surface area (Å²) in [6.07, 6.45) is 3.60. The van der Waals surface area contributed by atoms with E-state index < -0.39 is 0 Å². The van der Waals surface area contributed by atoms with Gasteiger partial charge >= 0.3 is 0 Å². The standard InChI is InChI=1S/C21H18N2O2.3C2H6/c24-20(22-16-8-2-1-3-9-16)18-11-6-14-23(21(18)25)19-13-12-15-7-4-5-10-17(15)19;3*1-2/h1-11,14,19H,12-13H2,(H,22,24);3*1-2H3. The van der Waals surface area contributed by atoms with E-state index in [4.69, 9.17) is 0 Å². The average molecular weight is 421 g/mol. The van der Waals surface area contributed by atoms with Gasteiger partial charge in [-0.05, 0) is 48.2 Å². The molecule has 0 saturated carbocycles. The van der Waals surface area contributed by atoms with Crippen LogP contribution in [0.15, 0.2) is 77.7 Å². The van der Waals surface area contributed by atoms with Crippen LogP contribution in [0.1, 0.15) is 75.5 Å². The van der Waals surface area contributed by atoms with Crippen LogP contribution < -0.4 is 10.9 Å². The average Bonchev–Trinajstić information content (AvgIpc) is 3.28. The molecule has 0 aliphatic heterocycles. The number of nitrogens with zero attached hydrogens (tertiary/aromatic N) is 1. The molecule has 0 saturated heterocycles. The number of fused-ring (bicyclic) bond motifs is 1. The molecular weight excluding hydrogens is 384 g/mol. The Kier molecular flexibility index (Phi) is 11.7. The molecule has 166 valence electrons. The molecule has 3 aromatic rings. The van der Waals surface area contributed by atoms with Gasteiger partial charge in [0.1, 0.15) is 5.56 Å². The van der Waals surface area contributed by atoms with Crippen LogP contribution in [0.3, 0.4) is 0 Å². The lowest BCUT2D eigenvalue weighted by Gasteiger charge is -2.16. The summed E-state index contributed by atoms with van der Waals surface area (Å²) in [6, 6.07) is 20.7. The topological polar surface area (TPSA) is 51.1 Å². The van der Waals surface area contributed by atoms with Gasteiger partial charge in [0.05, 0.1) is 6.04 Å². The van der Waals surface area contributed by atoms with Gasteiger partial charge in [0.15, 0.2) is 0 Å². The first kappa shape index (κ1) is 25.9. The quantitative estimate of drug-likeness (QED) is 0.511. The molecule has 0 fully saturated rings. The lowest BCUT2D eigenvalue weighted by Crippen LogP contribution is -2.30. The zero-order chi connectivity index (χ0) is 23.2. The molecule has 4 rings (SSSR count). The minimum atomic E-state index is -0.378. The van der Waals surface area contributed by atoms with Crippen molar-refractivity contribution in [3.05, 3.63) is 100.0 Å². The Hall–Kier alpha value is -3.14. The predicted octanol–water partition coefficient (Wildman–Crippen LogP) is 6.71. The molecule has 4 nitrogen and oxygen atoms in total. The number of pyridine rings is 1. The van der Waals surface area contributed by atoms with E-state index in [2.05, 4.69) is 17.4 Å². The van der Waals surface area contributed by atoms with Crippen LogP contribution in [-0.4, -0.2) is 10.5 Å². The summed E-state index contributed by atoms with van der Waals surface area (Å²) in [6.45, 7) is 12.0. The van der Waals surface area contributed by atoms with E-state index in [-0.39, 0.29) is 23.1 Å². The van der Waals surface area contributed by atoms with E-state index in [1.807, 2.05) is 71.9 Å². The Labute approximate surface area is 187 Å². The van der Waals surface area contributed by atoms with Crippen molar-refractivity contribution in [2.75, 3.05) is 5.32 Å². The van der Waals surface area contributed by atoms with Gasteiger partial charge in [-0.1, -0.05) is 84.0 Å². The molecule has 1 atom stereocenters. The minimum absolute atomic E-state index is 0.00632. The lowest BCUT2D eigenvalue weighted by molar-refractivity contribution is 0.102. The normalized spacial score (nSPS) is 13.2. The SMILES string of the molecule is CC.CC.CC.O=C(Nc1ccccc1)c1cccn(C2CCc3ccccc32)c1=O. The molecule has 0 bridgehead atoms. The molecule has 4 heteroatoms. The third-order valence-electron chi connectivity index (χ3n) is 4.69. The fourth-order valence-corrected chi connectivity index (χ4v) is 3.47. The Morgan fingerprint density at radius 1 is 0.839 bits per heavy atom. The monoisotopic (exact) mass is 420 g/mol. The smallest absolute Gasteiger partial charge is 0.263 e. The summed E-state index contributed by atoms with van der Waals surface area (Å²) in [5.41, 5.74) is 3.03. The van der Waals surface area contributed by atoms with E-state index >= 15 is 0 Å². The predicted molar refractivity (Wildman–Crippen MR) is 132 cm³/mol. The molecule has 1 N–H and O–H groups in total. The zero-order valence-corrected chi connectivity index (χ0v) is 19.7. The first-order chi connectivity index (χ1) is 15.2. The highest BCUT2D eigenvalue weighted by Crippen LogP contribution is 2.33. The lowest BCUT2D eigenvalue weighted by atomic mass is 10.1. The molecule has 1 amide bonds. The minimum Gasteiger partial charge on any atom is -0.322 e. The summed E-state index contributed by atoms with van der Waals surface area (Å²) in [7, 11) is 0. The summed E-state index contributed by atoms with van der Waals surface area (Å²) >= 11 is 0. The van der Waals surface area contributed by atoms with E-state index in [1.165, 1.54) is 11.1 Å². The number of para-hydroxylation sites is 1. The number of anilines is 1. The summed E-state index contributed by atoms with van der Waals surface area (Å²) in [4.78, 5) is 25.4. The second-order valence-corrected chi connectivity index (χ2v) is 6.21. The molecule has 0 spiro atoms. The summed E-state index contributed by atoms with van der Waals surface area (Å²) < 4.78 is 1.69. The third-order valence-corrected chi connectivity index (χ3v) is 4.69. The fraction of sp³-hybridized carbons (Fsp3) is 0.333. The van der Waals surface area contributed by atoms with Crippen molar-refractivity contribution in [1.82, 2.24) is 4.57 Å². The maximum Gasteiger partial charge on any atom is 0.263 e. The van der Waals surface area contributed by atoms with Crippen LogP contribution in [0, 0.1) is 0 Å². The van der Waals surface area contributed by atoms with Gasteiger partial charge < -0.3 is 9.88 Å². The van der Waals surface area contributed by atoms with Gasteiger partial charge in [-0.2, -0.15) is 0 Å². The fourth-order valence-electron chi connectivity index (χ4n) is 3.47. The molecule has 0 radical (unpaired) electrons. The highest BCUT2D eigenvalue weighted by molar-refractivity contribution is 6.03. The molecule has 31 heavy (non-hydrogen) atoms. The van der Waals surface area contributed by atoms with Crippen molar-refractivity contribution in [3.8, 4) is 0 Å². The number of nitrogens with one attached hydrogen (secondary N) is 1. The van der Waals surface area contributed by atoms with Crippen molar-refractivity contribution in [2.45, 2.75) is 60.4 Å². The number of aryl methyl sites for hydroxylation is 1. The molecule has 1 unspecified atom stereocenters. The number of rotatable bonds is 3. The van der Waals surface area contributed by atoms with E-state index in [0.717, 1.165) is 12.8 Å². The Balaban J connectivity index is 0.000000739. The highest BCUT2D eigenvalue weighted by Gasteiger charge is 2.25. The Morgan fingerprint density at radius 3 is 2.13 bits per heavy atom. The van der Waals surface area contributed by atoms with E-state index in [9.17, 15) is 9.59 Å². The van der Waals surface area contributed by atoms with Crippen molar-refractivity contribution in [2.24, 2.45) is 0 Å². The summed E-state index contributed by atoms with van der Waals surface area (Å²) in [5, 5.41) is 2.78. The van der Waals surface area contributed by atoms with Crippen molar-refractivity contribution >= 4 is 11.6 Å². The van der Waals surface area contributed by atoms with Crippen LogP contribution in [0.2, 0.25) is 0 Å². The third kappa shape index (κ3) is 6.42. The van der Waals surface area contributed by atoms with Crippen LogP contribution in [-0.2, 0) is 6.42 Å². The highest BCUT2D eigenvalue weighted by atomic mass is 16.2. The number of hydrogen-bond acceptors (Lipinski definition) is 2. The molecule has 1 aliphatic carbocycles. The Morgan fingerprint density at radius 2 is 1.45 bits per heavy atom. The number of benzene rings is 2. The number of carbonyl (C=O) groups is 1. The number of carbonyl (C=O) groups excluding carboxylic acids is 1. The van der Waals surface area contributed by atoms with Gasteiger partial charge in [-0.3, -0.25) is 9.59 Å². The van der Waals surface area contributed by atoms with Gasteiger partial charge in [-0.25, -0.2) is 0 Å². The van der Waals surface area contributed by atoms with Crippen molar-refractivity contribution < 1.29 is 4.79 Å². The largest absolute Gasteiger partial charge is 0.322 e. The second kappa shape index (κ2) is 14.0. The van der Waals surface area contributed by atoms with Crippen LogP contribution in [0.5, 0.6) is 0 Å². The van der Waals surface area contributed by atoms with Crippen molar-refractivity contribution in [1.29, 1.82) is 0 Å². The number of amides is 1. The molecule has 1 heterocycles. The Bertz CT molecular complexity index is 978. The number of hydrogen-bond donors (Lipinski definition) is 1. The first-order valence-corrected chi connectivity index (χ1v) is 11.4. The molecule has 2 aromatic carbocycles. The van der Waals surface area contributed by atoms with Gasteiger partial charge in [0, 0.05) is 11.9 Å². The van der Waals surface area contributed by atoms with Gasteiger partial charge in [0.2, 0.25) is 0 Å². The maximum atomic E-state index is 12.9. The molecular formula is C27H36N2O2. The molecule has 1 aliphatic rings. The van der Waals surface area contributed by atoms with Gasteiger partial charge in [0.25, 0.3) is 11.5 Å². The van der Waals surface area contributed by atoms with E-state index in [1.54, 1.807) is 35.0 Å². The first-order valence-electron chi connectivity index (χ1n) is 11.4. The van der Waals surface area contributed by atoms with Gasteiger partial charge in [-0.15, -0.1) is 0 Å².